The van der Waals surface area contributed by atoms with Crippen molar-refractivity contribution in [2.24, 2.45) is 10.8 Å². The van der Waals surface area contributed by atoms with Gasteiger partial charge in [-0.05, 0) is 22.0 Å². The van der Waals surface area contributed by atoms with Crippen LogP contribution in [0.4, 0.5) is 0 Å². The van der Waals surface area contributed by atoms with Crippen LogP contribution >= 0.6 is 0 Å². The molecule has 0 N–H and O–H groups in total. The number of hydrogen-bond donors (Lipinski definition) is 0. The highest BCUT2D eigenvalue weighted by Crippen LogP contribution is 2.15. The lowest BCUT2D eigenvalue weighted by atomic mass is 9.97. The van der Waals surface area contributed by atoms with E-state index in [4.69, 9.17) is 0 Å². The molecule has 0 unspecified atom stereocenters. The molecule has 0 radical (unpaired) electrons. The zero-order valence-electron chi connectivity index (χ0n) is 18.1. The molecule has 0 saturated heterocycles. The SMILES string of the molecule is CC(C)(C)Cn1c[n+](Cc2ccccc2C[n+]2cnn(CC(C)(C)C)c2)cn1. The molecule has 6 heteroatoms. The van der Waals surface area contributed by atoms with Crippen molar-refractivity contribution in [3.8, 4) is 0 Å². The van der Waals surface area contributed by atoms with Crippen molar-refractivity contribution in [3.05, 3.63) is 60.7 Å². The van der Waals surface area contributed by atoms with Gasteiger partial charge in [0.15, 0.2) is 0 Å². The third-order valence-corrected chi connectivity index (χ3v) is 4.36. The van der Waals surface area contributed by atoms with E-state index in [0.29, 0.717) is 0 Å². The Morgan fingerprint density at radius 1 is 0.714 bits per heavy atom. The maximum atomic E-state index is 4.51. The molecule has 0 spiro atoms. The van der Waals surface area contributed by atoms with Gasteiger partial charge in [-0.1, -0.05) is 65.8 Å². The highest BCUT2D eigenvalue weighted by Gasteiger charge is 2.19. The van der Waals surface area contributed by atoms with E-state index in [2.05, 4.69) is 97.8 Å². The molecule has 0 atom stereocenters. The maximum Gasteiger partial charge on any atom is 0.265 e. The summed E-state index contributed by atoms with van der Waals surface area (Å²) < 4.78 is 8.35. The van der Waals surface area contributed by atoms with Gasteiger partial charge in [-0.2, -0.15) is 0 Å². The Labute approximate surface area is 168 Å². The first-order valence-corrected chi connectivity index (χ1v) is 9.97. The Balaban J connectivity index is 1.72. The molecule has 3 aromatic rings. The lowest BCUT2D eigenvalue weighted by Gasteiger charge is -2.13. The smallest absolute Gasteiger partial charge is 0.233 e. The van der Waals surface area contributed by atoms with E-state index in [1.165, 1.54) is 11.1 Å². The lowest BCUT2D eigenvalue weighted by molar-refractivity contribution is -0.694. The molecule has 0 bridgehead atoms. The average molecular weight is 383 g/mol. The van der Waals surface area contributed by atoms with Crippen LogP contribution in [-0.2, 0) is 26.2 Å². The average Bonchev–Trinajstić information content (AvgIpc) is 3.16. The molecule has 0 fully saturated rings. The summed E-state index contributed by atoms with van der Waals surface area (Å²) in [7, 11) is 0. The van der Waals surface area contributed by atoms with Gasteiger partial charge < -0.3 is 0 Å². The Morgan fingerprint density at radius 2 is 1.11 bits per heavy atom. The second kappa shape index (κ2) is 7.86. The molecule has 0 aliphatic rings. The van der Waals surface area contributed by atoms with Gasteiger partial charge in [-0.25, -0.2) is 9.13 Å². The first-order chi connectivity index (χ1) is 13.1. The van der Waals surface area contributed by atoms with Crippen molar-refractivity contribution >= 4 is 0 Å². The van der Waals surface area contributed by atoms with Gasteiger partial charge >= 0.3 is 0 Å². The molecule has 1 aromatic carbocycles. The quantitative estimate of drug-likeness (QED) is 0.615. The lowest BCUT2D eigenvalue weighted by Crippen LogP contribution is -2.35. The van der Waals surface area contributed by atoms with E-state index in [1.54, 1.807) is 0 Å². The van der Waals surface area contributed by atoms with Crippen molar-refractivity contribution in [2.75, 3.05) is 0 Å². The molecule has 0 aliphatic carbocycles. The Bertz CT molecular complexity index is 832. The second-order valence-corrected chi connectivity index (χ2v) is 10.1. The van der Waals surface area contributed by atoms with Gasteiger partial charge in [0.25, 0.3) is 12.7 Å². The number of nitrogens with zero attached hydrogens (tertiary/aromatic N) is 6. The highest BCUT2D eigenvalue weighted by atomic mass is 15.4. The number of aromatic nitrogens is 6. The van der Waals surface area contributed by atoms with Crippen molar-refractivity contribution in [1.29, 1.82) is 0 Å². The zero-order valence-corrected chi connectivity index (χ0v) is 18.1. The summed E-state index contributed by atoms with van der Waals surface area (Å²) in [6.07, 6.45) is 8.01. The summed E-state index contributed by atoms with van der Waals surface area (Å²) in [5, 5.41) is 9.02. The Kier molecular flexibility index (Phi) is 5.68. The van der Waals surface area contributed by atoms with E-state index < -0.39 is 0 Å². The van der Waals surface area contributed by atoms with Crippen LogP contribution in [0, 0.1) is 10.8 Å². The zero-order chi connectivity index (χ0) is 20.4. The number of rotatable bonds is 6. The molecule has 0 aliphatic heterocycles. The van der Waals surface area contributed by atoms with Crippen molar-refractivity contribution in [2.45, 2.75) is 67.7 Å². The van der Waals surface area contributed by atoms with Gasteiger partial charge in [0.1, 0.15) is 13.1 Å². The van der Waals surface area contributed by atoms with Crippen molar-refractivity contribution < 1.29 is 9.13 Å². The standard InChI is InChI=1S/C22H34N6/c1-21(2,3)13-27-17-25(15-23-27)11-19-9-7-8-10-20(19)12-26-16-24-28(18-26)14-22(4,5)6/h7-10,15-18H,11-14H2,1-6H3/q+2. The predicted molar refractivity (Wildman–Crippen MR) is 108 cm³/mol. The van der Waals surface area contributed by atoms with Crippen molar-refractivity contribution in [1.82, 2.24) is 19.6 Å². The molecule has 0 saturated carbocycles. The summed E-state index contributed by atoms with van der Waals surface area (Å²) in [5.74, 6) is 0. The fourth-order valence-electron chi connectivity index (χ4n) is 3.28. The second-order valence-electron chi connectivity index (χ2n) is 10.1. The number of hydrogen-bond acceptors (Lipinski definition) is 2. The van der Waals surface area contributed by atoms with Crippen molar-refractivity contribution in [3.63, 3.8) is 0 Å². The molecule has 0 amide bonds. The normalized spacial score (nSPS) is 12.5. The fraction of sp³-hybridized carbons (Fsp3) is 0.545. The predicted octanol–water partition coefficient (Wildman–Crippen LogP) is 2.84. The van der Waals surface area contributed by atoms with E-state index in [0.717, 1.165) is 26.2 Å². The summed E-state index contributed by atoms with van der Waals surface area (Å²) in [4.78, 5) is 0. The summed E-state index contributed by atoms with van der Waals surface area (Å²) in [6, 6.07) is 8.60. The third kappa shape index (κ3) is 6.01. The van der Waals surface area contributed by atoms with E-state index in [-0.39, 0.29) is 10.8 Å². The van der Waals surface area contributed by atoms with Gasteiger partial charge in [0.05, 0.1) is 13.1 Å². The first kappa shape index (κ1) is 20.2. The molecule has 6 nitrogen and oxygen atoms in total. The van der Waals surface area contributed by atoms with Crippen LogP contribution in [0.3, 0.4) is 0 Å². The van der Waals surface area contributed by atoms with Crippen LogP contribution in [0.1, 0.15) is 52.7 Å². The molecule has 3 rings (SSSR count). The van der Waals surface area contributed by atoms with Gasteiger partial charge in [-0.3, -0.25) is 0 Å². The Morgan fingerprint density at radius 3 is 1.46 bits per heavy atom. The van der Waals surface area contributed by atoms with E-state index in [9.17, 15) is 0 Å². The van der Waals surface area contributed by atoms with Gasteiger partial charge in [0, 0.05) is 10.2 Å². The van der Waals surface area contributed by atoms with E-state index >= 15 is 0 Å². The first-order valence-electron chi connectivity index (χ1n) is 9.97. The molecule has 28 heavy (non-hydrogen) atoms. The highest BCUT2D eigenvalue weighted by molar-refractivity contribution is 5.25. The maximum absolute atomic E-state index is 4.51. The van der Waals surface area contributed by atoms with Crippen LogP contribution in [0.15, 0.2) is 49.6 Å². The van der Waals surface area contributed by atoms with Crippen LogP contribution in [0.2, 0.25) is 0 Å². The molecule has 2 heterocycles. The van der Waals surface area contributed by atoms with Crippen LogP contribution in [-0.4, -0.2) is 19.6 Å². The minimum Gasteiger partial charge on any atom is -0.233 e. The van der Waals surface area contributed by atoms with Crippen LogP contribution in [0.25, 0.3) is 0 Å². The topological polar surface area (TPSA) is 43.4 Å². The minimum atomic E-state index is 0.214. The minimum absolute atomic E-state index is 0.214. The Hall–Kier alpha value is -2.50. The van der Waals surface area contributed by atoms with Gasteiger partial charge in [0.2, 0.25) is 12.7 Å². The number of benzene rings is 1. The molecular formula is C22H34N6+2. The third-order valence-electron chi connectivity index (χ3n) is 4.36. The van der Waals surface area contributed by atoms with E-state index in [1.807, 2.05) is 22.0 Å². The molecule has 150 valence electrons. The summed E-state index contributed by atoms with van der Waals surface area (Å²) in [6.45, 7) is 16.8. The van der Waals surface area contributed by atoms with Gasteiger partial charge in [-0.15, -0.1) is 9.36 Å². The summed E-state index contributed by atoms with van der Waals surface area (Å²) in [5.41, 5.74) is 3.04. The molecular weight excluding hydrogens is 348 g/mol. The fourth-order valence-corrected chi connectivity index (χ4v) is 3.28. The largest absolute Gasteiger partial charge is 0.265 e. The van der Waals surface area contributed by atoms with Crippen LogP contribution < -0.4 is 9.13 Å². The van der Waals surface area contributed by atoms with Crippen LogP contribution in [0.5, 0.6) is 0 Å². The molecule has 2 aromatic heterocycles. The summed E-state index contributed by atoms with van der Waals surface area (Å²) >= 11 is 0. The monoisotopic (exact) mass is 382 g/mol.